The van der Waals surface area contributed by atoms with Gasteiger partial charge in [0.15, 0.2) is 5.96 Å². The summed E-state index contributed by atoms with van der Waals surface area (Å²) in [6.07, 6.45) is 6.96. The second-order valence-electron chi connectivity index (χ2n) is 8.14. The molecule has 6 heteroatoms. The number of hydrogen-bond acceptors (Lipinski definition) is 4. The van der Waals surface area contributed by atoms with E-state index in [2.05, 4.69) is 39.3 Å². The number of nitrogens with zero attached hydrogens (tertiary/aromatic N) is 3. The first-order valence-electron chi connectivity index (χ1n) is 10.7. The second kappa shape index (κ2) is 12.5. The Balaban J connectivity index is 1.58. The lowest BCUT2D eigenvalue weighted by Crippen LogP contribution is -2.50. The molecular weight excluding hydrogens is 326 g/mol. The van der Waals surface area contributed by atoms with Crippen LogP contribution in [-0.2, 0) is 4.74 Å². The van der Waals surface area contributed by atoms with E-state index in [1.54, 1.807) is 0 Å². The third-order valence-electron chi connectivity index (χ3n) is 5.21. The summed E-state index contributed by atoms with van der Waals surface area (Å²) in [4.78, 5) is 9.48. The number of likely N-dealkylation sites (tertiary alicyclic amines) is 1. The average molecular weight is 368 g/mol. The Morgan fingerprint density at radius 2 is 1.85 bits per heavy atom. The summed E-state index contributed by atoms with van der Waals surface area (Å²) in [6, 6.07) is 0. The molecule has 0 radical (unpaired) electrons. The molecule has 2 aliphatic heterocycles. The number of nitrogens with one attached hydrogen (secondary N) is 2. The molecule has 2 fully saturated rings. The molecule has 2 heterocycles. The summed E-state index contributed by atoms with van der Waals surface area (Å²) in [5, 5.41) is 6.89. The van der Waals surface area contributed by atoms with E-state index < -0.39 is 0 Å². The van der Waals surface area contributed by atoms with Crippen LogP contribution in [0, 0.1) is 5.92 Å². The Kier molecular flexibility index (Phi) is 10.3. The van der Waals surface area contributed by atoms with Gasteiger partial charge in [0, 0.05) is 39.8 Å². The minimum Gasteiger partial charge on any atom is -0.374 e. The van der Waals surface area contributed by atoms with Crippen molar-refractivity contribution in [2.45, 2.75) is 52.1 Å². The highest BCUT2D eigenvalue weighted by atomic mass is 16.5. The van der Waals surface area contributed by atoms with Gasteiger partial charge in [-0.15, -0.1) is 0 Å². The van der Waals surface area contributed by atoms with Crippen LogP contribution in [0.2, 0.25) is 0 Å². The fourth-order valence-electron chi connectivity index (χ4n) is 3.89. The van der Waals surface area contributed by atoms with Crippen LogP contribution in [0.3, 0.4) is 0 Å². The van der Waals surface area contributed by atoms with Gasteiger partial charge in [0.1, 0.15) is 0 Å². The molecule has 2 aliphatic rings. The summed E-state index contributed by atoms with van der Waals surface area (Å²) in [6.45, 7) is 14.2. The Labute approximate surface area is 160 Å². The molecule has 0 saturated carbocycles. The van der Waals surface area contributed by atoms with Crippen molar-refractivity contribution in [1.29, 1.82) is 0 Å². The van der Waals surface area contributed by atoms with Crippen LogP contribution in [0.1, 0.15) is 46.0 Å². The normalized spacial score (nSPS) is 23.8. The number of ether oxygens (including phenoxy) is 1. The van der Waals surface area contributed by atoms with Crippen molar-refractivity contribution >= 4 is 5.96 Å². The van der Waals surface area contributed by atoms with Crippen molar-refractivity contribution in [1.82, 2.24) is 20.4 Å². The second-order valence-corrected chi connectivity index (χ2v) is 8.14. The zero-order valence-corrected chi connectivity index (χ0v) is 17.3. The van der Waals surface area contributed by atoms with E-state index in [9.17, 15) is 0 Å². The van der Waals surface area contributed by atoms with Crippen molar-refractivity contribution in [3.63, 3.8) is 0 Å². The van der Waals surface area contributed by atoms with Crippen LogP contribution in [0.4, 0.5) is 0 Å². The Morgan fingerprint density at radius 3 is 2.54 bits per heavy atom. The van der Waals surface area contributed by atoms with Crippen LogP contribution < -0.4 is 10.6 Å². The monoisotopic (exact) mass is 367 g/mol. The SMILES string of the molecule is CN=C(NCCCN1CCCCCC1)NCC1CN(CC(C)C)CCO1. The highest BCUT2D eigenvalue weighted by Crippen LogP contribution is 2.09. The fourth-order valence-corrected chi connectivity index (χ4v) is 3.89. The summed E-state index contributed by atoms with van der Waals surface area (Å²) < 4.78 is 5.91. The van der Waals surface area contributed by atoms with Crippen molar-refractivity contribution in [3.05, 3.63) is 0 Å². The Hall–Kier alpha value is -0.850. The predicted molar refractivity (Wildman–Crippen MR) is 110 cm³/mol. The predicted octanol–water partition coefficient (Wildman–Crippen LogP) is 1.77. The molecular formula is C20H41N5O. The zero-order valence-electron chi connectivity index (χ0n) is 17.3. The summed E-state index contributed by atoms with van der Waals surface area (Å²) in [5.41, 5.74) is 0. The van der Waals surface area contributed by atoms with Crippen molar-refractivity contribution < 1.29 is 4.74 Å². The van der Waals surface area contributed by atoms with Gasteiger partial charge in [0.25, 0.3) is 0 Å². The molecule has 2 N–H and O–H groups in total. The molecule has 0 aromatic heterocycles. The maximum Gasteiger partial charge on any atom is 0.191 e. The lowest BCUT2D eigenvalue weighted by Gasteiger charge is -2.34. The van der Waals surface area contributed by atoms with Gasteiger partial charge >= 0.3 is 0 Å². The van der Waals surface area contributed by atoms with E-state index in [1.165, 1.54) is 51.7 Å². The number of hydrogen-bond donors (Lipinski definition) is 2. The standard InChI is InChI=1S/C20H41N5O/c1-18(2)16-25-13-14-26-19(17-25)15-23-20(21-3)22-9-8-12-24-10-6-4-5-7-11-24/h18-19H,4-17H2,1-3H3,(H2,21,22,23). The molecule has 0 spiro atoms. The molecule has 26 heavy (non-hydrogen) atoms. The van der Waals surface area contributed by atoms with Gasteiger partial charge in [-0.3, -0.25) is 9.89 Å². The summed E-state index contributed by atoms with van der Waals surface area (Å²) in [5.74, 6) is 1.60. The summed E-state index contributed by atoms with van der Waals surface area (Å²) in [7, 11) is 1.84. The van der Waals surface area contributed by atoms with Crippen LogP contribution >= 0.6 is 0 Å². The average Bonchev–Trinajstić information content (AvgIpc) is 2.90. The number of aliphatic imine (C=N–C) groups is 1. The number of rotatable bonds is 8. The van der Waals surface area contributed by atoms with Gasteiger partial charge < -0.3 is 20.3 Å². The molecule has 2 rings (SSSR count). The molecule has 0 aromatic rings. The van der Waals surface area contributed by atoms with E-state index in [0.29, 0.717) is 5.92 Å². The van der Waals surface area contributed by atoms with Gasteiger partial charge in [0.05, 0.1) is 12.7 Å². The van der Waals surface area contributed by atoms with Crippen molar-refractivity contribution in [3.8, 4) is 0 Å². The van der Waals surface area contributed by atoms with Crippen LogP contribution in [0.5, 0.6) is 0 Å². The van der Waals surface area contributed by atoms with Crippen LogP contribution in [0.15, 0.2) is 4.99 Å². The molecule has 2 saturated heterocycles. The van der Waals surface area contributed by atoms with Gasteiger partial charge in [0.2, 0.25) is 0 Å². The number of morpholine rings is 1. The molecule has 0 bridgehead atoms. The molecule has 0 aromatic carbocycles. The van der Waals surface area contributed by atoms with Gasteiger partial charge in [-0.2, -0.15) is 0 Å². The molecule has 0 amide bonds. The van der Waals surface area contributed by atoms with E-state index in [0.717, 1.165) is 45.3 Å². The van der Waals surface area contributed by atoms with E-state index in [-0.39, 0.29) is 6.10 Å². The third-order valence-corrected chi connectivity index (χ3v) is 5.21. The topological polar surface area (TPSA) is 52.1 Å². The lowest BCUT2D eigenvalue weighted by molar-refractivity contribution is -0.0284. The third kappa shape index (κ3) is 8.69. The fraction of sp³-hybridized carbons (Fsp3) is 0.950. The molecule has 1 atom stereocenters. The minimum atomic E-state index is 0.248. The molecule has 0 aliphatic carbocycles. The molecule has 152 valence electrons. The molecule has 6 nitrogen and oxygen atoms in total. The van der Waals surface area contributed by atoms with E-state index in [1.807, 2.05) is 7.05 Å². The van der Waals surface area contributed by atoms with Gasteiger partial charge in [-0.05, 0) is 44.8 Å². The zero-order chi connectivity index (χ0) is 18.6. The maximum absolute atomic E-state index is 5.91. The van der Waals surface area contributed by atoms with Gasteiger partial charge in [-0.1, -0.05) is 26.7 Å². The Morgan fingerprint density at radius 1 is 1.08 bits per heavy atom. The minimum absolute atomic E-state index is 0.248. The lowest BCUT2D eigenvalue weighted by atomic mass is 10.2. The highest BCUT2D eigenvalue weighted by molar-refractivity contribution is 5.79. The summed E-state index contributed by atoms with van der Waals surface area (Å²) >= 11 is 0. The number of guanidine groups is 1. The first-order chi connectivity index (χ1) is 12.7. The highest BCUT2D eigenvalue weighted by Gasteiger charge is 2.21. The van der Waals surface area contributed by atoms with Crippen LogP contribution in [-0.4, -0.2) is 87.9 Å². The van der Waals surface area contributed by atoms with Gasteiger partial charge in [-0.25, -0.2) is 0 Å². The molecule has 1 unspecified atom stereocenters. The maximum atomic E-state index is 5.91. The quantitative estimate of drug-likeness (QED) is 0.389. The van der Waals surface area contributed by atoms with Crippen molar-refractivity contribution in [2.24, 2.45) is 10.9 Å². The van der Waals surface area contributed by atoms with Crippen molar-refractivity contribution in [2.75, 3.05) is 66.0 Å². The van der Waals surface area contributed by atoms with E-state index in [4.69, 9.17) is 4.74 Å². The van der Waals surface area contributed by atoms with Crippen LogP contribution in [0.25, 0.3) is 0 Å². The largest absolute Gasteiger partial charge is 0.374 e. The first kappa shape index (κ1) is 21.5. The van der Waals surface area contributed by atoms with E-state index >= 15 is 0 Å². The first-order valence-corrected chi connectivity index (χ1v) is 10.7. The Bertz CT molecular complexity index is 394. The smallest absolute Gasteiger partial charge is 0.191 e.